The van der Waals surface area contributed by atoms with Gasteiger partial charge in [0, 0.05) is 12.1 Å². The molecule has 5 nitrogen and oxygen atoms in total. The predicted molar refractivity (Wildman–Crippen MR) is 70.7 cm³/mol. The topological polar surface area (TPSA) is 82.2 Å². The van der Waals surface area contributed by atoms with Gasteiger partial charge >= 0.3 is 0 Å². The summed E-state index contributed by atoms with van der Waals surface area (Å²) in [6.45, 7) is 0. The Morgan fingerprint density at radius 3 is 2.60 bits per heavy atom. The first kappa shape index (κ1) is 14.2. The molecule has 1 heterocycles. The molecule has 1 amide bonds. The normalized spacial score (nSPS) is 10.3. The fourth-order valence-corrected chi connectivity index (χ4v) is 1.83. The molecule has 20 heavy (non-hydrogen) atoms. The summed E-state index contributed by atoms with van der Waals surface area (Å²) in [5.74, 6) is -4.16. The zero-order chi connectivity index (χ0) is 14.9. The number of rotatable bonds is 2. The molecule has 1 aromatic carbocycles. The van der Waals surface area contributed by atoms with Gasteiger partial charge in [0.2, 0.25) is 0 Å². The third kappa shape index (κ3) is 2.85. The largest absolute Gasteiger partial charge is 0.507 e. The Labute approximate surface area is 119 Å². The molecule has 3 N–H and O–H groups in total. The van der Waals surface area contributed by atoms with Gasteiger partial charge in [0.25, 0.3) is 11.5 Å². The maximum absolute atomic E-state index is 13.5. The average Bonchev–Trinajstić information content (AvgIpc) is 2.31. The van der Waals surface area contributed by atoms with Crippen molar-refractivity contribution in [1.82, 2.24) is 4.98 Å². The predicted octanol–water partition coefficient (Wildman–Crippen LogP) is 2.37. The van der Waals surface area contributed by atoms with Crippen molar-refractivity contribution in [3.8, 4) is 5.75 Å². The van der Waals surface area contributed by atoms with Crippen LogP contribution < -0.4 is 10.9 Å². The summed E-state index contributed by atoms with van der Waals surface area (Å²) >= 11 is 3.03. The maximum atomic E-state index is 13.5. The number of aromatic hydroxyl groups is 1. The highest BCUT2D eigenvalue weighted by Crippen LogP contribution is 2.22. The number of H-pyrrole nitrogens is 1. The Kier molecular flexibility index (Phi) is 3.84. The molecule has 0 saturated heterocycles. The first-order valence-corrected chi connectivity index (χ1v) is 6.06. The van der Waals surface area contributed by atoms with Gasteiger partial charge in [-0.05, 0) is 28.1 Å². The lowest BCUT2D eigenvalue weighted by Gasteiger charge is -2.07. The quantitative estimate of drug-likeness (QED) is 0.731. The lowest BCUT2D eigenvalue weighted by molar-refractivity contribution is 0.102. The van der Waals surface area contributed by atoms with Crippen molar-refractivity contribution in [2.45, 2.75) is 0 Å². The first-order valence-electron chi connectivity index (χ1n) is 5.26. The van der Waals surface area contributed by atoms with E-state index in [0.29, 0.717) is 16.7 Å². The second-order valence-corrected chi connectivity index (χ2v) is 4.64. The molecule has 2 rings (SSSR count). The zero-order valence-corrected chi connectivity index (χ0v) is 11.3. The second-order valence-electron chi connectivity index (χ2n) is 3.78. The molecule has 8 heteroatoms. The van der Waals surface area contributed by atoms with Gasteiger partial charge < -0.3 is 15.4 Å². The summed E-state index contributed by atoms with van der Waals surface area (Å²) in [5, 5.41) is 11.5. The minimum atomic E-state index is -1.23. The highest BCUT2D eigenvalue weighted by atomic mass is 79.9. The minimum absolute atomic E-state index is 0.138. The number of anilines is 1. The second kappa shape index (κ2) is 5.41. The summed E-state index contributed by atoms with van der Waals surface area (Å²) in [6.07, 6.45) is 0. The zero-order valence-electron chi connectivity index (χ0n) is 9.71. The number of hydrogen-bond acceptors (Lipinski definition) is 3. The van der Waals surface area contributed by atoms with Crippen LogP contribution in [0.5, 0.6) is 5.75 Å². The number of aromatic amines is 1. The summed E-state index contributed by atoms with van der Waals surface area (Å²) in [6, 6.07) is 3.81. The number of aromatic nitrogens is 1. The van der Waals surface area contributed by atoms with Crippen molar-refractivity contribution in [3.63, 3.8) is 0 Å². The Balaban J connectivity index is 2.36. The van der Waals surface area contributed by atoms with Crippen LogP contribution in [0, 0.1) is 11.6 Å². The molecular weight excluding hydrogens is 338 g/mol. The number of nitrogens with one attached hydrogen (secondary N) is 2. The smallest absolute Gasteiger partial charge is 0.272 e. The molecular formula is C12H7BrF2N2O3. The van der Waals surface area contributed by atoms with E-state index in [1.54, 1.807) is 0 Å². The Bertz CT molecular complexity index is 723. The molecule has 0 saturated carbocycles. The van der Waals surface area contributed by atoms with Gasteiger partial charge in [-0.3, -0.25) is 9.59 Å². The number of phenols is 1. The van der Waals surface area contributed by atoms with Crippen molar-refractivity contribution in [2.24, 2.45) is 0 Å². The fourth-order valence-electron chi connectivity index (χ4n) is 1.52. The number of carbonyl (C=O) groups excluding carboxylic acids is 1. The van der Waals surface area contributed by atoms with E-state index < -0.39 is 34.4 Å². The van der Waals surface area contributed by atoms with Crippen LogP contribution in [-0.2, 0) is 0 Å². The molecule has 0 spiro atoms. The molecule has 0 radical (unpaired) electrons. The van der Waals surface area contributed by atoms with Gasteiger partial charge in [-0.25, -0.2) is 8.78 Å². The first-order chi connectivity index (χ1) is 9.38. The van der Waals surface area contributed by atoms with E-state index in [4.69, 9.17) is 0 Å². The third-order valence-electron chi connectivity index (χ3n) is 2.38. The summed E-state index contributed by atoms with van der Waals surface area (Å²) in [7, 11) is 0. The van der Waals surface area contributed by atoms with Gasteiger partial charge in [0.05, 0.1) is 4.60 Å². The van der Waals surface area contributed by atoms with Gasteiger partial charge in [0.1, 0.15) is 28.6 Å². The van der Waals surface area contributed by atoms with E-state index in [9.17, 15) is 23.5 Å². The van der Waals surface area contributed by atoms with Crippen molar-refractivity contribution >= 4 is 27.5 Å². The molecule has 0 unspecified atom stereocenters. The Morgan fingerprint density at radius 2 is 2.00 bits per heavy atom. The monoisotopic (exact) mass is 344 g/mol. The number of hydrogen-bond donors (Lipinski definition) is 3. The lowest BCUT2D eigenvalue weighted by Crippen LogP contribution is -2.20. The van der Waals surface area contributed by atoms with Crippen LogP contribution in [0.3, 0.4) is 0 Å². The molecule has 0 bridgehead atoms. The minimum Gasteiger partial charge on any atom is -0.507 e. The van der Waals surface area contributed by atoms with E-state index in [0.717, 1.165) is 0 Å². The van der Waals surface area contributed by atoms with E-state index >= 15 is 0 Å². The van der Waals surface area contributed by atoms with Crippen molar-refractivity contribution in [2.75, 3.05) is 5.32 Å². The summed E-state index contributed by atoms with van der Waals surface area (Å²) in [5.41, 5.74) is -1.50. The van der Waals surface area contributed by atoms with Crippen LogP contribution >= 0.6 is 15.9 Å². The summed E-state index contributed by atoms with van der Waals surface area (Å²) in [4.78, 5) is 25.7. The van der Waals surface area contributed by atoms with E-state index in [2.05, 4.69) is 26.2 Å². The number of amides is 1. The summed E-state index contributed by atoms with van der Waals surface area (Å²) < 4.78 is 26.7. The Hall–Kier alpha value is -2.22. The SMILES string of the molecule is O=C(Nc1ccc(Br)[nH]c1=O)c1c(O)cc(F)cc1F. The maximum Gasteiger partial charge on any atom is 0.272 e. The number of halogens is 3. The molecule has 0 fully saturated rings. The Morgan fingerprint density at radius 1 is 1.30 bits per heavy atom. The fraction of sp³-hybridized carbons (Fsp3) is 0. The van der Waals surface area contributed by atoms with Crippen molar-refractivity contribution in [3.05, 3.63) is 56.4 Å². The standard InChI is InChI=1S/C12H7BrF2N2O3/c13-9-2-1-7(11(19)17-9)16-12(20)10-6(15)3-5(14)4-8(10)18/h1-4,18H,(H,16,20)(H,17,19). The average molecular weight is 345 g/mol. The lowest BCUT2D eigenvalue weighted by atomic mass is 10.1. The number of benzene rings is 1. The number of phenolic OH excluding ortho intramolecular Hbond substituents is 1. The van der Waals surface area contributed by atoms with Crippen LogP contribution in [0.15, 0.2) is 33.7 Å². The molecule has 2 aromatic rings. The van der Waals surface area contributed by atoms with Crippen LogP contribution in [0.4, 0.5) is 14.5 Å². The van der Waals surface area contributed by atoms with Gasteiger partial charge in [-0.2, -0.15) is 0 Å². The van der Waals surface area contributed by atoms with Crippen LogP contribution in [-0.4, -0.2) is 16.0 Å². The highest BCUT2D eigenvalue weighted by molar-refractivity contribution is 9.10. The van der Waals surface area contributed by atoms with Crippen molar-refractivity contribution in [1.29, 1.82) is 0 Å². The van der Waals surface area contributed by atoms with Gasteiger partial charge in [0.15, 0.2) is 0 Å². The molecule has 104 valence electrons. The van der Waals surface area contributed by atoms with E-state index in [1.165, 1.54) is 12.1 Å². The highest BCUT2D eigenvalue weighted by Gasteiger charge is 2.19. The molecule has 0 aliphatic rings. The van der Waals surface area contributed by atoms with Gasteiger partial charge in [-0.1, -0.05) is 0 Å². The van der Waals surface area contributed by atoms with E-state index in [-0.39, 0.29) is 5.69 Å². The molecule has 0 aliphatic heterocycles. The third-order valence-corrected chi connectivity index (χ3v) is 2.85. The molecule has 1 aromatic heterocycles. The molecule has 0 atom stereocenters. The number of carbonyl (C=O) groups is 1. The van der Waals surface area contributed by atoms with Gasteiger partial charge in [-0.15, -0.1) is 0 Å². The van der Waals surface area contributed by atoms with Crippen molar-refractivity contribution < 1.29 is 18.7 Å². The van der Waals surface area contributed by atoms with Crippen LogP contribution in [0.1, 0.15) is 10.4 Å². The van der Waals surface area contributed by atoms with Crippen LogP contribution in [0.2, 0.25) is 0 Å². The number of pyridine rings is 1. The van der Waals surface area contributed by atoms with Crippen LogP contribution in [0.25, 0.3) is 0 Å². The molecule has 0 aliphatic carbocycles. The van der Waals surface area contributed by atoms with E-state index in [1.807, 2.05) is 0 Å².